The zero-order valence-electron chi connectivity index (χ0n) is 25.6. The number of rotatable bonds is 9. The molecule has 0 spiro atoms. The Morgan fingerprint density at radius 2 is 2.00 bits per heavy atom. The second-order valence-electron chi connectivity index (χ2n) is 12.3. The van der Waals surface area contributed by atoms with Crippen LogP contribution in [0, 0.1) is 22.7 Å². The fourth-order valence-electron chi connectivity index (χ4n) is 6.18. The number of ether oxygens (including phenoxy) is 1. The summed E-state index contributed by atoms with van der Waals surface area (Å²) in [6.07, 6.45) is 6.82. The molecule has 0 saturated carbocycles. The first-order valence-corrected chi connectivity index (χ1v) is 15.2. The molecule has 0 radical (unpaired) electrons. The van der Waals surface area contributed by atoms with Crippen molar-refractivity contribution in [2.24, 2.45) is 11.3 Å². The van der Waals surface area contributed by atoms with Crippen LogP contribution >= 0.6 is 0 Å². The van der Waals surface area contributed by atoms with Gasteiger partial charge in [0.2, 0.25) is 5.91 Å². The van der Waals surface area contributed by atoms with Crippen LogP contribution in [0.15, 0.2) is 36.8 Å². The summed E-state index contributed by atoms with van der Waals surface area (Å²) in [5, 5.41) is 17.3. The third-order valence-electron chi connectivity index (χ3n) is 8.84. The van der Waals surface area contributed by atoms with E-state index in [1.165, 1.54) is 0 Å². The summed E-state index contributed by atoms with van der Waals surface area (Å²) in [5.74, 6) is 2.20. The van der Waals surface area contributed by atoms with Crippen molar-refractivity contribution in [2.75, 3.05) is 64.4 Å². The van der Waals surface area contributed by atoms with Crippen LogP contribution in [0.25, 0.3) is 16.6 Å². The molecule has 42 heavy (non-hydrogen) atoms. The maximum Gasteiger partial charge on any atom is 0.227 e. The van der Waals surface area contributed by atoms with Gasteiger partial charge in [0.15, 0.2) is 0 Å². The minimum Gasteiger partial charge on any atom is -0.492 e. The van der Waals surface area contributed by atoms with E-state index in [0.717, 1.165) is 74.6 Å². The maximum atomic E-state index is 13.7. The highest BCUT2D eigenvalue weighted by Crippen LogP contribution is 2.36. The van der Waals surface area contributed by atoms with Gasteiger partial charge < -0.3 is 19.9 Å². The Labute approximate surface area is 249 Å². The maximum absolute atomic E-state index is 13.7. The molecule has 5 heterocycles. The highest BCUT2D eigenvalue weighted by molar-refractivity contribution is 5.85. The number of hydrogen-bond acceptors (Lipinski definition) is 8. The molecule has 2 aliphatic heterocycles. The summed E-state index contributed by atoms with van der Waals surface area (Å²) in [6, 6.07) is 8.76. The third kappa shape index (κ3) is 6.22. The lowest BCUT2D eigenvalue weighted by Gasteiger charge is -2.46. The van der Waals surface area contributed by atoms with Crippen molar-refractivity contribution < 1.29 is 9.53 Å². The highest BCUT2D eigenvalue weighted by atomic mass is 16.5. The number of piperazine rings is 1. The molecule has 1 amide bonds. The molecule has 1 unspecified atom stereocenters. The minimum atomic E-state index is -0.401. The molecule has 0 aromatic carbocycles. The van der Waals surface area contributed by atoms with E-state index in [-0.39, 0.29) is 5.91 Å². The Hall–Kier alpha value is -3.68. The Morgan fingerprint density at radius 3 is 2.64 bits per heavy atom. The van der Waals surface area contributed by atoms with Crippen molar-refractivity contribution in [2.45, 2.75) is 46.6 Å². The summed E-state index contributed by atoms with van der Waals surface area (Å²) in [5.41, 5.74) is 2.60. The van der Waals surface area contributed by atoms with Crippen LogP contribution in [-0.4, -0.2) is 95.8 Å². The summed E-state index contributed by atoms with van der Waals surface area (Å²) in [4.78, 5) is 25.7. The molecule has 2 saturated heterocycles. The number of hydrogen-bond donors (Lipinski definition) is 1. The SMILES string of the molecule is CCOc1cc(-c2ccc(N3CCC(CN4CCN(C)C(C)C4)(C(=O)NCC(C)C)CC3)nc2)c2c(C#N)cnn2c1. The quantitative estimate of drug-likeness (QED) is 0.415. The molecule has 1 atom stereocenters. The number of carbonyl (C=O) groups excluding carboxylic acids is 1. The molecule has 0 bridgehead atoms. The van der Waals surface area contributed by atoms with Gasteiger partial charge in [-0.05, 0) is 57.9 Å². The lowest BCUT2D eigenvalue weighted by atomic mass is 9.76. The second kappa shape index (κ2) is 12.7. The van der Waals surface area contributed by atoms with Gasteiger partial charge in [-0.3, -0.25) is 9.69 Å². The van der Waals surface area contributed by atoms with Crippen molar-refractivity contribution in [3.63, 3.8) is 0 Å². The largest absolute Gasteiger partial charge is 0.492 e. The smallest absolute Gasteiger partial charge is 0.227 e. The molecule has 10 heteroatoms. The number of piperidine rings is 1. The van der Waals surface area contributed by atoms with E-state index in [2.05, 4.69) is 59.0 Å². The van der Waals surface area contributed by atoms with Crippen molar-refractivity contribution in [3.8, 4) is 22.9 Å². The topological polar surface area (TPSA) is 102 Å². The van der Waals surface area contributed by atoms with E-state index in [9.17, 15) is 10.1 Å². The molecule has 2 aliphatic rings. The first-order valence-electron chi connectivity index (χ1n) is 15.2. The molecule has 10 nitrogen and oxygen atoms in total. The summed E-state index contributed by atoms with van der Waals surface area (Å²) >= 11 is 0. The fraction of sp³-hybridized carbons (Fsp3) is 0.562. The first kappa shape index (κ1) is 29.8. The molecular formula is C32H44N8O2. The summed E-state index contributed by atoms with van der Waals surface area (Å²) in [7, 11) is 2.18. The van der Waals surface area contributed by atoms with Crippen molar-refractivity contribution in [1.82, 2.24) is 29.7 Å². The van der Waals surface area contributed by atoms with Crippen LogP contribution in [0.2, 0.25) is 0 Å². The molecule has 224 valence electrons. The Balaban J connectivity index is 1.34. The lowest BCUT2D eigenvalue weighted by molar-refractivity contribution is -0.134. The van der Waals surface area contributed by atoms with E-state index in [4.69, 9.17) is 9.72 Å². The number of pyridine rings is 2. The van der Waals surface area contributed by atoms with Gasteiger partial charge in [0, 0.05) is 69.2 Å². The van der Waals surface area contributed by atoms with E-state index < -0.39 is 5.41 Å². The van der Waals surface area contributed by atoms with Gasteiger partial charge in [0.25, 0.3) is 0 Å². The Kier molecular flexibility index (Phi) is 8.99. The van der Waals surface area contributed by atoms with Gasteiger partial charge in [-0.1, -0.05) is 13.8 Å². The summed E-state index contributed by atoms with van der Waals surface area (Å²) in [6.45, 7) is 15.1. The predicted molar refractivity (Wildman–Crippen MR) is 165 cm³/mol. The van der Waals surface area contributed by atoms with E-state index in [0.29, 0.717) is 36.4 Å². The normalized spacial score (nSPS) is 19.6. The van der Waals surface area contributed by atoms with Crippen molar-refractivity contribution in [1.29, 1.82) is 5.26 Å². The average molecular weight is 573 g/mol. The summed E-state index contributed by atoms with van der Waals surface area (Å²) < 4.78 is 7.46. The number of amides is 1. The van der Waals surface area contributed by atoms with Gasteiger partial charge in [0.05, 0.1) is 35.5 Å². The zero-order chi connectivity index (χ0) is 29.9. The standard InChI is InChI=1S/C32H44N8O2/c1-6-42-27-15-28(30-26(16-33)19-36-40(30)21-27)25-7-8-29(34-18-25)39-11-9-32(10-12-39,31(41)35-17-23(2)3)22-38-14-13-37(5)24(4)20-38/h7-8,15,18-19,21,23-24H,6,9-14,17,20,22H2,1-5H3,(H,35,41). The average Bonchev–Trinajstić information content (AvgIpc) is 3.41. The van der Waals surface area contributed by atoms with E-state index >= 15 is 0 Å². The van der Waals surface area contributed by atoms with E-state index in [1.807, 2.05) is 31.3 Å². The molecule has 3 aromatic rings. The lowest BCUT2D eigenvalue weighted by Crippen LogP contribution is -2.58. The van der Waals surface area contributed by atoms with Gasteiger partial charge in [-0.2, -0.15) is 10.4 Å². The number of aromatic nitrogens is 3. The minimum absolute atomic E-state index is 0.193. The number of nitriles is 1. The van der Waals surface area contributed by atoms with Crippen molar-refractivity contribution >= 4 is 17.2 Å². The zero-order valence-corrected chi connectivity index (χ0v) is 25.6. The Morgan fingerprint density at radius 1 is 1.21 bits per heavy atom. The predicted octanol–water partition coefficient (Wildman–Crippen LogP) is 3.66. The number of anilines is 1. The molecule has 0 aliphatic carbocycles. The molecule has 3 aromatic heterocycles. The third-order valence-corrected chi connectivity index (χ3v) is 8.84. The number of carbonyl (C=O) groups is 1. The molecular weight excluding hydrogens is 528 g/mol. The number of nitrogens with one attached hydrogen (secondary N) is 1. The molecule has 1 N–H and O–H groups in total. The van der Waals surface area contributed by atoms with Crippen LogP contribution in [0.1, 0.15) is 46.1 Å². The van der Waals surface area contributed by atoms with Crippen LogP contribution in [0.5, 0.6) is 5.75 Å². The van der Waals surface area contributed by atoms with Gasteiger partial charge in [0.1, 0.15) is 17.6 Å². The second-order valence-corrected chi connectivity index (χ2v) is 12.3. The van der Waals surface area contributed by atoms with E-state index in [1.54, 1.807) is 16.9 Å². The van der Waals surface area contributed by atoms with Crippen LogP contribution in [0.4, 0.5) is 5.82 Å². The van der Waals surface area contributed by atoms with Crippen LogP contribution < -0.4 is 15.0 Å². The highest BCUT2D eigenvalue weighted by Gasteiger charge is 2.43. The fourth-order valence-corrected chi connectivity index (χ4v) is 6.18. The monoisotopic (exact) mass is 572 g/mol. The van der Waals surface area contributed by atoms with Crippen molar-refractivity contribution in [3.05, 3.63) is 42.4 Å². The number of fused-ring (bicyclic) bond motifs is 1. The van der Waals surface area contributed by atoms with Gasteiger partial charge in [-0.15, -0.1) is 0 Å². The van der Waals surface area contributed by atoms with Crippen LogP contribution in [-0.2, 0) is 4.79 Å². The van der Waals surface area contributed by atoms with Gasteiger partial charge >= 0.3 is 0 Å². The van der Waals surface area contributed by atoms with Crippen LogP contribution in [0.3, 0.4) is 0 Å². The molecule has 5 rings (SSSR count). The van der Waals surface area contributed by atoms with Gasteiger partial charge in [-0.25, -0.2) is 9.50 Å². The number of nitrogens with zero attached hydrogens (tertiary/aromatic N) is 7. The molecule has 2 fully saturated rings. The number of likely N-dealkylation sites (N-methyl/N-ethyl adjacent to an activating group) is 1. The Bertz CT molecular complexity index is 1420. The first-order chi connectivity index (χ1) is 20.2.